The Morgan fingerprint density at radius 1 is 1.40 bits per heavy atom. The molecule has 0 radical (unpaired) electrons. The van der Waals surface area contributed by atoms with Crippen LogP contribution in [0, 0.1) is 6.92 Å². The number of rotatable bonds is 4. The Labute approximate surface area is 122 Å². The molecule has 0 amide bonds. The van der Waals surface area contributed by atoms with E-state index in [-0.39, 0.29) is 21.9 Å². The van der Waals surface area contributed by atoms with Gasteiger partial charge in [0.1, 0.15) is 5.02 Å². The number of anilines is 1. The molecule has 20 heavy (non-hydrogen) atoms. The highest BCUT2D eigenvalue weighted by Crippen LogP contribution is 2.26. The van der Waals surface area contributed by atoms with Gasteiger partial charge in [-0.25, -0.2) is 4.98 Å². The third kappa shape index (κ3) is 2.66. The van der Waals surface area contributed by atoms with Gasteiger partial charge < -0.3 is 4.57 Å². The van der Waals surface area contributed by atoms with E-state index in [0.29, 0.717) is 5.69 Å². The van der Waals surface area contributed by atoms with Crippen molar-refractivity contribution in [3.63, 3.8) is 0 Å². The van der Waals surface area contributed by atoms with Crippen LogP contribution in [0.3, 0.4) is 0 Å². The highest BCUT2D eigenvalue weighted by Gasteiger charge is 2.22. The quantitative estimate of drug-likeness (QED) is 0.934. The van der Waals surface area contributed by atoms with Gasteiger partial charge in [0.15, 0.2) is 10.8 Å². The second-order valence-corrected chi connectivity index (χ2v) is 6.74. The predicted octanol–water partition coefficient (Wildman–Crippen LogP) is 1.96. The molecule has 2 aromatic heterocycles. The van der Waals surface area contributed by atoms with Crippen LogP contribution in [0.15, 0.2) is 17.6 Å². The number of hydrogen-bond acceptors (Lipinski definition) is 4. The molecule has 0 saturated heterocycles. The molecule has 0 fully saturated rings. The van der Waals surface area contributed by atoms with Gasteiger partial charge in [0, 0.05) is 19.3 Å². The second kappa shape index (κ2) is 5.10. The van der Waals surface area contributed by atoms with Gasteiger partial charge in [-0.2, -0.15) is 13.5 Å². The molecule has 0 aromatic carbocycles. The predicted molar refractivity (Wildman–Crippen MR) is 76.4 cm³/mol. The van der Waals surface area contributed by atoms with Gasteiger partial charge in [-0.15, -0.1) is 0 Å². The molecule has 7 nitrogen and oxygen atoms in total. The maximum Gasteiger partial charge on any atom is 0.282 e. The summed E-state index contributed by atoms with van der Waals surface area (Å²) in [6.07, 6.45) is 2.96. The van der Waals surface area contributed by atoms with Gasteiger partial charge in [0.05, 0.1) is 12.0 Å². The first-order valence-electron chi connectivity index (χ1n) is 5.97. The Balaban J connectivity index is 2.35. The van der Waals surface area contributed by atoms with Crippen LogP contribution in [0.5, 0.6) is 0 Å². The first kappa shape index (κ1) is 14.9. The number of imidazole rings is 1. The summed E-state index contributed by atoms with van der Waals surface area (Å²) in [6.45, 7) is 5.58. The van der Waals surface area contributed by atoms with Crippen LogP contribution < -0.4 is 4.72 Å². The summed E-state index contributed by atoms with van der Waals surface area (Å²) in [6, 6.07) is 0.133. The Kier molecular flexibility index (Phi) is 3.79. The van der Waals surface area contributed by atoms with Crippen LogP contribution in [0.4, 0.5) is 5.82 Å². The summed E-state index contributed by atoms with van der Waals surface area (Å²) in [5.74, 6) is 0.225. The van der Waals surface area contributed by atoms with Crippen molar-refractivity contribution in [3.8, 4) is 0 Å². The lowest BCUT2D eigenvalue weighted by atomic mass is 10.4. The van der Waals surface area contributed by atoms with Crippen molar-refractivity contribution in [2.75, 3.05) is 4.72 Å². The van der Waals surface area contributed by atoms with Crippen molar-refractivity contribution < 1.29 is 8.42 Å². The number of aromatic nitrogens is 4. The third-order valence-corrected chi connectivity index (χ3v) is 4.51. The van der Waals surface area contributed by atoms with E-state index >= 15 is 0 Å². The minimum atomic E-state index is -3.78. The molecule has 1 N–H and O–H groups in total. The number of halogens is 1. The van der Waals surface area contributed by atoms with E-state index in [4.69, 9.17) is 11.6 Å². The summed E-state index contributed by atoms with van der Waals surface area (Å²) in [7, 11) is -2.17. The van der Waals surface area contributed by atoms with E-state index < -0.39 is 10.0 Å². The fourth-order valence-electron chi connectivity index (χ4n) is 1.66. The molecule has 0 aliphatic heterocycles. The molecule has 0 aliphatic rings. The van der Waals surface area contributed by atoms with Crippen LogP contribution in [-0.2, 0) is 17.1 Å². The van der Waals surface area contributed by atoms with Crippen molar-refractivity contribution in [3.05, 3.63) is 23.2 Å². The Morgan fingerprint density at radius 2 is 2.05 bits per heavy atom. The maximum absolute atomic E-state index is 12.3. The van der Waals surface area contributed by atoms with Gasteiger partial charge in [-0.3, -0.25) is 9.40 Å². The zero-order valence-corrected chi connectivity index (χ0v) is 13.2. The van der Waals surface area contributed by atoms with E-state index in [1.807, 2.05) is 13.8 Å². The second-order valence-electron chi connectivity index (χ2n) is 4.73. The number of nitrogens with zero attached hydrogens (tertiary/aromatic N) is 4. The van der Waals surface area contributed by atoms with Crippen molar-refractivity contribution in [1.29, 1.82) is 0 Å². The molecule has 2 heterocycles. The fraction of sp³-hybridized carbons (Fsp3) is 0.455. The SMILES string of the molecule is Cc1nn(C)c(NS(=O)(=O)c2cn(C(C)C)cn2)c1Cl. The Morgan fingerprint density at radius 3 is 2.50 bits per heavy atom. The molecule has 0 spiro atoms. The largest absolute Gasteiger partial charge is 0.334 e. The van der Waals surface area contributed by atoms with E-state index in [2.05, 4.69) is 14.8 Å². The van der Waals surface area contributed by atoms with E-state index in [1.165, 1.54) is 17.2 Å². The third-order valence-electron chi connectivity index (χ3n) is 2.83. The van der Waals surface area contributed by atoms with Crippen molar-refractivity contribution >= 4 is 27.4 Å². The lowest BCUT2D eigenvalue weighted by Crippen LogP contribution is -2.16. The zero-order valence-electron chi connectivity index (χ0n) is 11.6. The molecule has 2 rings (SSSR count). The Bertz CT molecular complexity index is 732. The summed E-state index contributed by atoms with van der Waals surface area (Å²) in [4.78, 5) is 3.91. The summed E-state index contributed by atoms with van der Waals surface area (Å²) >= 11 is 6.03. The highest BCUT2D eigenvalue weighted by molar-refractivity contribution is 7.92. The summed E-state index contributed by atoms with van der Waals surface area (Å²) < 4.78 is 30.0. The average Bonchev–Trinajstić information content (AvgIpc) is 2.92. The number of aryl methyl sites for hydroxylation is 2. The highest BCUT2D eigenvalue weighted by atomic mass is 35.5. The molecule has 2 aromatic rings. The number of nitrogens with one attached hydrogen (secondary N) is 1. The molecular weight excluding hydrogens is 302 g/mol. The minimum Gasteiger partial charge on any atom is -0.334 e. The standard InChI is InChI=1S/C11H16ClN5O2S/c1-7(2)17-5-9(13-6-17)20(18,19)15-11-10(12)8(3)14-16(11)4/h5-7,15H,1-4H3. The van der Waals surface area contributed by atoms with Crippen LogP contribution in [0.25, 0.3) is 0 Å². The molecular formula is C11H16ClN5O2S. The first-order chi connectivity index (χ1) is 9.22. The fourth-order valence-corrected chi connectivity index (χ4v) is 2.96. The van der Waals surface area contributed by atoms with E-state index in [1.54, 1.807) is 18.5 Å². The van der Waals surface area contributed by atoms with Gasteiger partial charge in [0.2, 0.25) is 0 Å². The molecule has 0 saturated carbocycles. The first-order valence-corrected chi connectivity index (χ1v) is 7.84. The van der Waals surface area contributed by atoms with Gasteiger partial charge in [-0.05, 0) is 20.8 Å². The van der Waals surface area contributed by atoms with E-state index in [9.17, 15) is 8.42 Å². The molecule has 0 bridgehead atoms. The van der Waals surface area contributed by atoms with Crippen LogP contribution >= 0.6 is 11.6 Å². The Hall–Kier alpha value is -1.54. The summed E-state index contributed by atoms with van der Waals surface area (Å²) in [5.41, 5.74) is 0.555. The monoisotopic (exact) mass is 317 g/mol. The molecule has 110 valence electrons. The smallest absolute Gasteiger partial charge is 0.282 e. The molecule has 0 atom stereocenters. The number of hydrogen-bond donors (Lipinski definition) is 1. The van der Waals surface area contributed by atoms with Crippen molar-refractivity contribution in [1.82, 2.24) is 19.3 Å². The average molecular weight is 318 g/mol. The molecule has 0 aliphatic carbocycles. The van der Waals surface area contributed by atoms with Gasteiger partial charge >= 0.3 is 0 Å². The molecule has 9 heteroatoms. The zero-order chi connectivity index (χ0) is 15.1. The summed E-state index contributed by atoms with van der Waals surface area (Å²) in [5, 5.41) is 4.28. The van der Waals surface area contributed by atoms with Gasteiger partial charge in [-0.1, -0.05) is 11.6 Å². The number of sulfonamides is 1. The van der Waals surface area contributed by atoms with Crippen molar-refractivity contribution in [2.45, 2.75) is 31.8 Å². The topological polar surface area (TPSA) is 81.8 Å². The lowest BCUT2D eigenvalue weighted by molar-refractivity contribution is 0.591. The lowest BCUT2D eigenvalue weighted by Gasteiger charge is -2.07. The van der Waals surface area contributed by atoms with Crippen molar-refractivity contribution in [2.24, 2.45) is 7.05 Å². The maximum atomic E-state index is 12.3. The minimum absolute atomic E-state index is 0.0545. The van der Waals surface area contributed by atoms with Gasteiger partial charge in [0.25, 0.3) is 10.0 Å². The van der Waals surface area contributed by atoms with E-state index in [0.717, 1.165) is 0 Å². The normalized spacial score (nSPS) is 12.1. The van der Waals surface area contributed by atoms with Crippen LogP contribution in [0.2, 0.25) is 5.02 Å². The van der Waals surface area contributed by atoms with Crippen LogP contribution in [-0.4, -0.2) is 27.7 Å². The van der Waals surface area contributed by atoms with Crippen LogP contribution in [0.1, 0.15) is 25.6 Å². The molecule has 0 unspecified atom stereocenters.